The Labute approximate surface area is 115 Å². The summed E-state index contributed by atoms with van der Waals surface area (Å²) in [6.07, 6.45) is 3.03. The highest BCUT2D eigenvalue weighted by Gasteiger charge is 2.08. The Hall–Kier alpha value is -2.76. The number of amides is 1. The number of imidazole rings is 1. The zero-order valence-electron chi connectivity index (χ0n) is 10.9. The summed E-state index contributed by atoms with van der Waals surface area (Å²) in [5.74, 6) is 0.442. The van der Waals surface area contributed by atoms with Crippen molar-refractivity contribution in [2.24, 2.45) is 0 Å². The van der Waals surface area contributed by atoms with Gasteiger partial charge in [0.05, 0.1) is 29.5 Å². The lowest BCUT2D eigenvalue weighted by Crippen LogP contribution is -2.24. The van der Waals surface area contributed by atoms with Gasteiger partial charge in [-0.3, -0.25) is 9.78 Å². The van der Waals surface area contributed by atoms with Crippen LogP contribution in [0.1, 0.15) is 22.0 Å². The molecule has 0 saturated carbocycles. The number of carbonyl (C=O) groups excluding carboxylic acids is 1. The van der Waals surface area contributed by atoms with Crippen molar-refractivity contribution in [3.8, 4) is 0 Å². The number of aromatic amines is 1. The van der Waals surface area contributed by atoms with Crippen LogP contribution in [0, 0.1) is 6.92 Å². The highest BCUT2D eigenvalue weighted by molar-refractivity contribution is 5.91. The van der Waals surface area contributed by atoms with Crippen LogP contribution < -0.4 is 5.32 Å². The monoisotopic (exact) mass is 267 g/mol. The fraction of sp³-hybridized carbons (Fsp3) is 0.143. The number of H-pyrrole nitrogens is 1. The molecule has 0 spiro atoms. The van der Waals surface area contributed by atoms with Crippen LogP contribution in [-0.4, -0.2) is 25.8 Å². The molecular weight excluding hydrogens is 254 g/mol. The highest BCUT2D eigenvalue weighted by atomic mass is 16.1. The van der Waals surface area contributed by atoms with Gasteiger partial charge in [0.2, 0.25) is 0 Å². The molecule has 1 aromatic carbocycles. The number of carbonyl (C=O) groups is 1. The summed E-state index contributed by atoms with van der Waals surface area (Å²) in [5, 5.41) is 2.76. The van der Waals surface area contributed by atoms with E-state index in [1.54, 1.807) is 6.20 Å². The first-order chi connectivity index (χ1) is 9.72. The normalized spacial score (nSPS) is 10.7. The first-order valence-electron chi connectivity index (χ1n) is 6.23. The zero-order chi connectivity index (χ0) is 13.9. The van der Waals surface area contributed by atoms with Gasteiger partial charge in [0.15, 0.2) is 0 Å². The van der Waals surface area contributed by atoms with Gasteiger partial charge in [-0.15, -0.1) is 0 Å². The van der Waals surface area contributed by atoms with E-state index in [2.05, 4.69) is 25.3 Å². The van der Waals surface area contributed by atoms with Crippen molar-refractivity contribution < 1.29 is 4.79 Å². The van der Waals surface area contributed by atoms with Gasteiger partial charge in [-0.05, 0) is 19.1 Å². The molecule has 20 heavy (non-hydrogen) atoms. The fourth-order valence-corrected chi connectivity index (χ4v) is 1.85. The number of aromatic nitrogens is 4. The summed E-state index contributed by atoms with van der Waals surface area (Å²) in [4.78, 5) is 27.5. The Balaban J connectivity index is 1.69. The number of para-hydroxylation sites is 2. The van der Waals surface area contributed by atoms with E-state index in [1.807, 2.05) is 31.2 Å². The minimum Gasteiger partial charge on any atom is -0.343 e. The van der Waals surface area contributed by atoms with Crippen LogP contribution in [0.15, 0.2) is 36.7 Å². The third-order valence-corrected chi connectivity index (χ3v) is 2.87. The first kappa shape index (κ1) is 12.3. The second-order valence-electron chi connectivity index (χ2n) is 4.43. The lowest BCUT2D eigenvalue weighted by atomic mass is 10.3. The predicted molar refractivity (Wildman–Crippen MR) is 74.0 cm³/mol. The number of nitrogens with zero attached hydrogens (tertiary/aromatic N) is 3. The molecule has 0 aliphatic heterocycles. The fourth-order valence-electron chi connectivity index (χ4n) is 1.85. The lowest BCUT2D eigenvalue weighted by molar-refractivity contribution is 0.0944. The summed E-state index contributed by atoms with van der Waals surface area (Å²) in [6, 6.07) is 7.72. The predicted octanol–water partition coefficient (Wildman–Crippen LogP) is 1.59. The third-order valence-electron chi connectivity index (χ3n) is 2.87. The number of nitrogens with one attached hydrogen (secondary N) is 2. The van der Waals surface area contributed by atoms with Crippen LogP contribution in [0.3, 0.4) is 0 Å². The van der Waals surface area contributed by atoms with E-state index in [9.17, 15) is 4.79 Å². The van der Waals surface area contributed by atoms with E-state index in [0.29, 0.717) is 18.1 Å². The minimum absolute atomic E-state index is 0.266. The van der Waals surface area contributed by atoms with Crippen molar-refractivity contribution in [2.75, 3.05) is 0 Å². The first-order valence-corrected chi connectivity index (χ1v) is 6.23. The van der Waals surface area contributed by atoms with Crippen molar-refractivity contribution in [3.63, 3.8) is 0 Å². The Morgan fingerprint density at radius 1 is 1.25 bits per heavy atom. The molecule has 0 aliphatic carbocycles. The summed E-state index contributed by atoms with van der Waals surface area (Å²) < 4.78 is 0. The number of rotatable bonds is 3. The van der Waals surface area contributed by atoms with Crippen molar-refractivity contribution in [3.05, 3.63) is 53.9 Å². The minimum atomic E-state index is -0.266. The number of hydrogen-bond acceptors (Lipinski definition) is 4. The second-order valence-corrected chi connectivity index (χ2v) is 4.43. The molecule has 2 N–H and O–H groups in total. The maximum absolute atomic E-state index is 11.9. The van der Waals surface area contributed by atoms with Crippen LogP contribution in [0.5, 0.6) is 0 Å². The van der Waals surface area contributed by atoms with Crippen molar-refractivity contribution in [2.45, 2.75) is 13.5 Å². The Morgan fingerprint density at radius 3 is 2.85 bits per heavy atom. The van der Waals surface area contributed by atoms with Gasteiger partial charge in [-0.2, -0.15) is 0 Å². The molecule has 6 heteroatoms. The van der Waals surface area contributed by atoms with E-state index < -0.39 is 0 Å². The van der Waals surface area contributed by atoms with Gasteiger partial charge < -0.3 is 10.3 Å². The standard InChI is InChI=1S/C14H13N5O/c1-9-6-16-12(7-15-9)14(20)17-8-13-18-10-4-2-3-5-11(10)19-13/h2-7H,8H2,1H3,(H,17,20)(H,18,19). The van der Waals surface area contributed by atoms with Gasteiger partial charge in [0.25, 0.3) is 5.91 Å². The van der Waals surface area contributed by atoms with E-state index in [0.717, 1.165) is 16.7 Å². The molecule has 3 rings (SSSR count). The number of hydrogen-bond donors (Lipinski definition) is 2. The summed E-state index contributed by atoms with van der Waals surface area (Å²) in [5.41, 5.74) is 2.91. The number of benzene rings is 1. The van der Waals surface area contributed by atoms with Crippen LogP contribution in [0.2, 0.25) is 0 Å². The zero-order valence-corrected chi connectivity index (χ0v) is 10.9. The molecule has 6 nitrogen and oxygen atoms in total. The van der Waals surface area contributed by atoms with Gasteiger partial charge in [-0.1, -0.05) is 12.1 Å². The van der Waals surface area contributed by atoms with Gasteiger partial charge >= 0.3 is 0 Å². The van der Waals surface area contributed by atoms with Crippen LogP contribution in [0.25, 0.3) is 11.0 Å². The second kappa shape index (κ2) is 5.08. The van der Waals surface area contributed by atoms with Crippen molar-refractivity contribution >= 4 is 16.9 Å². The van der Waals surface area contributed by atoms with Gasteiger partial charge in [0, 0.05) is 6.20 Å². The molecule has 0 radical (unpaired) electrons. The third kappa shape index (κ3) is 2.49. The summed E-state index contributed by atoms with van der Waals surface area (Å²) in [6.45, 7) is 2.14. The molecule has 0 fully saturated rings. The smallest absolute Gasteiger partial charge is 0.271 e. The lowest BCUT2D eigenvalue weighted by Gasteiger charge is -2.02. The average Bonchev–Trinajstić information content (AvgIpc) is 2.88. The Bertz CT molecular complexity index is 715. The molecule has 2 heterocycles. The van der Waals surface area contributed by atoms with Crippen LogP contribution in [-0.2, 0) is 6.54 Å². The maximum atomic E-state index is 11.9. The van der Waals surface area contributed by atoms with E-state index >= 15 is 0 Å². The molecule has 3 aromatic rings. The molecule has 0 unspecified atom stereocenters. The largest absolute Gasteiger partial charge is 0.343 e. The molecule has 0 aliphatic rings. The molecule has 2 aromatic heterocycles. The average molecular weight is 267 g/mol. The Morgan fingerprint density at radius 2 is 2.10 bits per heavy atom. The van der Waals surface area contributed by atoms with E-state index in [-0.39, 0.29) is 5.91 Å². The van der Waals surface area contributed by atoms with E-state index in [4.69, 9.17) is 0 Å². The number of fused-ring (bicyclic) bond motifs is 1. The van der Waals surface area contributed by atoms with Crippen LogP contribution in [0.4, 0.5) is 0 Å². The topological polar surface area (TPSA) is 83.6 Å². The van der Waals surface area contributed by atoms with Gasteiger partial charge in [0.1, 0.15) is 11.5 Å². The SMILES string of the molecule is Cc1cnc(C(=O)NCc2nc3ccccc3[nH]2)cn1. The molecular formula is C14H13N5O. The van der Waals surface area contributed by atoms with Crippen LogP contribution >= 0.6 is 0 Å². The summed E-state index contributed by atoms with van der Waals surface area (Å²) >= 11 is 0. The molecule has 1 amide bonds. The van der Waals surface area contributed by atoms with Gasteiger partial charge in [-0.25, -0.2) is 9.97 Å². The number of aryl methyl sites for hydroxylation is 1. The quantitative estimate of drug-likeness (QED) is 0.754. The molecule has 100 valence electrons. The molecule has 0 atom stereocenters. The van der Waals surface area contributed by atoms with Crippen molar-refractivity contribution in [1.29, 1.82) is 0 Å². The van der Waals surface area contributed by atoms with E-state index in [1.165, 1.54) is 6.20 Å². The Kier molecular flexibility index (Phi) is 3.12. The highest BCUT2D eigenvalue weighted by Crippen LogP contribution is 2.09. The maximum Gasteiger partial charge on any atom is 0.271 e. The molecule has 0 bridgehead atoms. The summed E-state index contributed by atoms with van der Waals surface area (Å²) in [7, 11) is 0. The van der Waals surface area contributed by atoms with Crippen molar-refractivity contribution in [1.82, 2.24) is 25.3 Å². The molecule has 0 saturated heterocycles.